The number of likely N-dealkylation sites (tertiary alicyclic amines) is 1. The summed E-state index contributed by atoms with van der Waals surface area (Å²) in [6, 6.07) is 2.16. The third-order valence-electron chi connectivity index (χ3n) is 3.87. The molecule has 100 valence electrons. The average molecular weight is 265 g/mol. The largest absolute Gasteiger partial charge is 0.391 e. The first-order chi connectivity index (χ1) is 8.61. The van der Waals surface area contributed by atoms with Crippen molar-refractivity contribution in [3.8, 4) is 0 Å². The molecule has 1 saturated heterocycles. The third kappa shape index (κ3) is 3.02. The van der Waals surface area contributed by atoms with E-state index in [2.05, 4.69) is 43.2 Å². The molecule has 0 amide bonds. The van der Waals surface area contributed by atoms with Gasteiger partial charge in [-0.05, 0) is 50.7 Å². The maximum atomic E-state index is 10.4. The molecule has 3 heteroatoms. The molecule has 2 rings (SSSR count). The molecule has 0 aliphatic carbocycles. The highest BCUT2D eigenvalue weighted by Crippen LogP contribution is 2.34. The maximum absolute atomic E-state index is 10.4. The molecule has 0 aromatic carbocycles. The van der Waals surface area contributed by atoms with Gasteiger partial charge in [-0.2, -0.15) is 0 Å². The smallest absolute Gasteiger partial charge is 0.0744 e. The van der Waals surface area contributed by atoms with Gasteiger partial charge in [0.25, 0.3) is 0 Å². The minimum absolute atomic E-state index is 0.222. The lowest BCUT2D eigenvalue weighted by molar-refractivity contribution is 0.0567. The fourth-order valence-electron chi connectivity index (χ4n) is 2.65. The number of aliphatic hydroxyl groups is 1. The van der Waals surface area contributed by atoms with Crippen molar-refractivity contribution in [2.45, 2.75) is 39.2 Å². The lowest BCUT2D eigenvalue weighted by atomic mass is 9.90. The highest BCUT2D eigenvalue weighted by Gasteiger charge is 2.30. The van der Waals surface area contributed by atoms with Crippen LogP contribution >= 0.6 is 11.3 Å². The van der Waals surface area contributed by atoms with E-state index in [1.807, 2.05) is 0 Å². The molecular formula is C15H23NOS. The molecule has 18 heavy (non-hydrogen) atoms. The van der Waals surface area contributed by atoms with E-state index in [1.165, 1.54) is 16.0 Å². The summed E-state index contributed by atoms with van der Waals surface area (Å²) in [6.45, 7) is 9.26. The van der Waals surface area contributed by atoms with E-state index in [-0.39, 0.29) is 6.10 Å². The van der Waals surface area contributed by atoms with E-state index in [1.54, 1.807) is 11.3 Å². The standard InChI is InChI=1S/C15H23NOS/c1-4-11(2)9-16-7-5-13(14(17)10-16)15-12(3)6-8-18-15/h4,6,8,13-14,17H,5,7,9-10H2,1-3H3/b11-4+/t13-,14-/m1/s1. The van der Waals surface area contributed by atoms with Crippen LogP contribution in [0.4, 0.5) is 0 Å². The van der Waals surface area contributed by atoms with Crippen LogP contribution in [0.15, 0.2) is 23.1 Å². The lowest BCUT2D eigenvalue weighted by Gasteiger charge is -2.36. The molecule has 1 aliphatic heterocycles. The molecule has 1 aliphatic rings. The van der Waals surface area contributed by atoms with E-state index in [0.717, 1.165) is 26.1 Å². The Hall–Kier alpha value is -0.640. The third-order valence-corrected chi connectivity index (χ3v) is 5.02. The van der Waals surface area contributed by atoms with Crippen LogP contribution in [0.3, 0.4) is 0 Å². The Kier molecular flexibility index (Phi) is 4.60. The summed E-state index contributed by atoms with van der Waals surface area (Å²) in [6.07, 6.45) is 3.00. The zero-order chi connectivity index (χ0) is 13.1. The second-order valence-corrected chi connectivity index (χ2v) is 6.25. The maximum Gasteiger partial charge on any atom is 0.0744 e. The summed E-state index contributed by atoms with van der Waals surface area (Å²) < 4.78 is 0. The molecule has 0 saturated carbocycles. The molecule has 1 N–H and O–H groups in total. The highest BCUT2D eigenvalue weighted by molar-refractivity contribution is 7.10. The second-order valence-electron chi connectivity index (χ2n) is 5.30. The molecule has 0 unspecified atom stereocenters. The van der Waals surface area contributed by atoms with Crippen LogP contribution in [0.1, 0.15) is 36.6 Å². The Morgan fingerprint density at radius 2 is 2.39 bits per heavy atom. The van der Waals surface area contributed by atoms with Gasteiger partial charge in [0.2, 0.25) is 0 Å². The first-order valence-electron chi connectivity index (χ1n) is 6.68. The number of aryl methyl sites for hydroxylation is 1. The number of rotatable bonds is 3. The predicted molar refractivity (Wildman–Crippen MR) is 78.3 cm³/mol. The van der Waals surface area contributed by atoms with E-state index in [9.17, 15) is 5.11 Å². The zero-order valence-corrected chi connectivity index (χ0v) is 12.3. The summed E-state index contributed by atoms with van der Waals surface area (Å²) in [7, 11) is 0. The van der Waals surface area contributed by atoms with Crippen molar-refractivity contribution < 1.29 is 5.11 Å². The number of piperidine rings is 1. The topological polar surface area (TPSA) is 23.5 Å². The summed E-state index contributed by atoms with van der Waals surface area (Å²) in [5.41, 5.74) is 2.72. The number of nitrogens with zero attached hydrogens (tertiary/aromatic N) is 1. The zero-order valence-electron chi connectivity index (χ0n) is 11.5. The molecule has 1 aromatic heterocycles. The number of thiophene rings is 1. The van der Waals surface area contributed by atoms with Crippen molar-refractivity contribution in [2.24, 2.45) is 0 Å². The first-order valence-corrected chi connectivity index (χ1v) is 7.56. The predicted octanol–water partition coefficient (Wildman–Crippen LogP) is 3.17. The molecule has 0 bridgehead atoms. The highest BCUT2D eigenvalue weighted by atomic mass is 32.1. The Labute approximate surface area is 114 Å². The number of hydrogen-bond donors (Lipinski definition) is 1. The number of aliphatic hydroxyl groups excluding tert-OH is 1. The SMILES string of the molecule is C/C=C(\C)CN1CC[C@@H](c2sccc2C)[C@H](O)C1. The van der Waals surface area contributed by atoms with Crippen LogP contribution in [0.25, 0.3) is 0 Å². The quantitative estimate of drug-likeness (QED) is 0.849. The van der Waals surface area contributed by atoms with Crippen molar-refractivity contribution in [3.05, 3.63) is 33.5 Å². The van der Waals surface area contributed by atoms with Gasteiger partial charge in [-0.3, -0.25) is 4.90 Å². The first kappa shape index (κ1) is 13.8. The Morgan fingerprint density at radius 3 is 2.94 bits per heavy atom. The van der Waals surface area contributed by atoms with Crippen LogP contribution < -0.4 is 0 Å². The monoisotopic (exact) mass is 265 g/mol. The molecule has 2 atom stereocenters. The van der Waals surface area contributed by atoms with Gasteiger partial charge in [0.1, 0.15) is 0 Å². The Bertz CT molecular complexity index is 424. The summed E-state index contributed by atoms with van der Waals surface area (Å²) in [4.78, 5) is 3.74. The van der Waals surface area contributed by atoms with Gasteiger partial charge < -0.3 is 5.11 Å². The average Bonchev–Trinajstić information content (AvgIpc) is 2.75. The summed E-state index contributed by atoms with van der Waals surface area (Å²) in [5.74, 6) is 0.340. The van der Waals surface area contributed by atoms with E-state index >= 15 is 0 Å². The van der Waals surface area contributed by atoms with Gasteiger partial charge in [0.05, 0.1) is 6.10 Å². The van der Waals surface area contributed by atoms with Crippen LogP contribution in [0.2, 0.25) is 0 Å². The van der Waals surface area contributed by atoms with E-state index in [0.29, 0.717) is 5.92 Å². The second kappa shape index (κ2) is 6.00. The van der Waals surface area contributed by atoms with Crippen LogP contribution in [0, 0.1) is 6.92 Å². The van der Waals surface area contributed by atoms with Crippen LogP contribution in [0.5, 0.6) is 0 Å². The molecule has 1 aromatic rings. The van der Waals surface area contributed by atoms with Gasteiger partial charge >= 0.3 is 0 Å². The number of hydrogen-bond acceptors (Lipinski definition) is 3. The van der Waals surface area contributed by atoms with Gasteiger partial charge in [0, 0.05) is 23.9 Å². The van der Waals surface area contributed by atoms with Gasteiger partial charge in [-0.1, -0.05) is 11.6 Å². The summed E-state index contributed by atoms with van der Waals surface area (Å²) >= 11 is 1.79. The van der Waals surface area contributed by atoms with Crippen molar-refractivity contribution in [1.29, 1.82) is 0 Å². The van der Waals surface area contributed by atoms with E-state index < -0.39 is 0 Å². The van der Waals surface area contributed by atoms with Gasteiger partial charge in [-0.25, -0.2) is 0 Å². The normalized spacial score (nSPS) is 26.6. The minimum Gasteiger partial charge on any atom is -0.391 e. The van der Waals surface area contributed by atoms with Gasteiger partial charge in [0.15, 0.2) is 0 Å². The van der Waals surface area contributed by atoms with Crippen molar-refractivity contribution >= 4 is 11.3 Å². The molecule has 2 nitrogen and oxygen atoms in total. The Balaban J connectivity index is 1.99. The van der Waals surface area contributed by atoms with Crippen molar-refractivity contribution in [1.82, 2.24) is 4.90 Å². The fraction of sp³-hybridized carbons (Fsp3) is 0.600. The fourth-order valence-corrected chi connectivity index (χ4v) is 3.78. The summed E-state index contributed by atoms with van der Waals surface area (Å²) in [5, 5.41) is 12.5. The molecule has 1 fully saturated rings. The van der Waals surface area contributed by atoms with Crippen LogP contribution in [-0.2, 0) is 0 Å². The minimum atomic E-state index is -0.222. The van der Waals surface area contributed by atoms with Crippen molar-refractivity contribution in [2.75, 3.05) is 19.6 Å². The Morgan fingerprint density at radius 1 is 1.61 bits per heavy atom. The molecule has 0 spiro atoms. The van der Waals surface area contributed by atoms with Crippen molar-refractivity contribution in [3.63, 3.8) is 0 Å². The van der Waals surface area contributed by atoms with E-state index in [4.69, 9.17) is 0 Å². The molecule has 2 heterocycles. The molecular weight excluding hydrogens is 242 g/mol. The number of β-amino-alcohol motifs (C(OH)–C–C–N with tert-alkyl or cyclic N) is 1. The van der Waals surface area contributed by atoms with Crippen LogP contribution in [-0.4, -0.2) is 35.7 Å². The molecule has 0 radical (unpaired) electrons. The van der Waals surface area contributed by atoms with Gasteiger partial charge in [-0.15, -0.1) is 11.3 Å². The lowest BCUT2D eigenvalue weighted by Crippen LogP contribution is -2.43. The number of allylic oxidation sites excluding steroid dienone is 1.